The number of hydrogen-bond donors (Lipinski definition) is 0. The average Bonchev–Trinajstić information content (AvgIpc) is 2.41. The fourth-order valence-corrected chi connectivity index (χ4v) is 3.34. The van der Waals surface area contributed by atoms with Crippen molar-refractivity contribution in [2.45, 2.75) is 39.5 Å². The summed E-state index contributed by atoms with van der Waals surface area (Å²) in [6.07, 6.45) is 0. The Morgan fingerprint density at radius 2 is 1.52 bits per heavy atom. The van der Waals surface area contributed by atoms with Crippen molar-refractivity contribution in [1.29, 1.82) is 0 Å². The molecule has 0 saturated carbocycles. The van der Waals surface area contributed by atoms with E-state index in [2.05, 4.69) is 52.0 Å². The largest absolute Gasteiger partial charge is 0.293 e. The average molecular weight is 298 g/mol. The van der Waals surface area contributed by atoms with Gasteiger partial charge in [-0.2, -0.15) is 0 Å². The monoisotopic (exact) mass is 298 g/mol. The van der Waals surface area contributed by atoms with Gasteiger partial charge in [0.1, 0.15) is 0 Å². The van der Waals surface area contributed by atoms with E-state index in [4.69, 9.17) is 0 Å². The van der Waals surface area contributed by atoms with Crippen LogP contribution in [0.3, 0.4) is 0 Å². The lowest BCUT2D eigenvalue weighted by atomic mass is 9.99. The molecule has 0 aliphatic carbocycles. The molecule has 0 aliphatic heterocycles. The van der Waals surface area contributed by atoms with Crippen LogP contribution in [0.15, 0.2) is 35.2 Å². The number of carbonyl (C=O) groups is 1. The molecular weight excluding hydrogens is 276 g/mol. The first-order valence-electron chi connectivity index (χ1n) is 7.19. The standard InChI is InChI=1S/C19H22OS/c1-12-6-7-19(16(5)8-12)21-11-18(20)17-10-14(3)13(2)9-15(17)4/h6-10H,11H2,1-5H3. The van der Waals surface area contributed by atoms with Gasteiger partial charge in [0.2, 0.25) is 0 Å². The predicted molar refractivity (Wildman–Crippen MR) is 91.6 cm³/mol. The van der Waals surface area contributed by atoms with E-state index >= 15 is 0 Å². The molecule has 2 aromatic rings. The SMILES string of the molecule is Cc1ccc(SCC(=O)c2cc(C)c(C)cc2C)c(C)c1. The van der Waals surface area contributed by atoms with E-state index in [-0.39, 0.29) is 5.78 Å². The zero-order valence-electron chi connectivity index (χ0n) is 13.4. The van der Waals surface area contributed by atoms with Gasteiger partial charge in [0.15, 0.2) is 5.78 Å². The minimum Gasteiger partial charge on any atom is -0.293 e. The van der Waals surface area contributed by atoms with Crippen molar-refractivity contribution in [1.82, 2.24) is 0 Å². The van der Waals surface area contributed by atoms with Crippen molar-refractivity contribution in [3.05, 3.63) is 63.7 Å². The molecule has 0 N–H and O–H groups in total. The molecule has 2 aromatic carbocycles. The summed E-state index contributed by atoms with van der Waals surface area (Å²) in [6.45, 7) is 10.3. The van der Waals surface area contributed by atoms with Gasteiger partial charge in [-0.15, -0.1) is 11.8 Å². The number of benzene rings is 2. The molecule has 0 aliphatic rings. The van der Waals surface area contributed by atoms with Crippen LogP contribution in [0.2, 0.25) is 0 Å². The quantitative estimate of drug-likeness (QED) is 0.570. The molecule has 110 valence electrons. The molecule has 1 nitrogen and oxygen atoms in total. The van der Waals surface area contributed by atoms with Crippen LogP contribution in [-0.2, 0) is 0 Å². The van der Waals surface area contributed by atoms with Crippen LogP contribution in [0, 0.1) is 34.6 Å². The molecule has 0 radical (unpaired) electrons. The molecule has 0 saturated heterocycles. The smallest absolute Gasteiger partial charge is 0.173 e. The van der Waals surface area contributed by atoms with Gasteiger partial charge in [-0.1, -0.05) is 23.8 Å². The number of thioether (sulfide) groups is 1. The molecule has 21 heavy (non-hydrogen) atoms. The third-order valence-electron chi connectivity index (χ3n) is 3.83. The highest BCUT2D eigenvalue weighted by molar-refractivity contribution is 8.00. The van der Waals surface area contributed by atoms with Gasteiger partial charge >= 0.3 is 0 Å². The molecule has 0 unspecified atom stereocenters. The normalized spacial score (nSPS) is 10.7. The summed E-state index contributed by atoms with van der Waals surface area (Å²) in [6, 6.07) is 10.5. The van der Waals surface area contributed by atoms with E-state index in [9.17, 15) is 4.79 Å². The van der Waals surface area contributed by atoms with Gasteiger partial charge in [-0.25, -0.2) is 0 Å². The van der Waals surface area contributed by atoms with Crippen molar-refractivity contribution in [3.63, 3.8) is 0 Å². The number of hydrogen-bond acceptors (Lipinski definition) is 2. The fourth-order valence-electron chi connectivity index (χ4n) is 2.44. The lowest BCUT2D eigenvalue weighted by Crippen LogP contribution is -2.06. The second-order valence-corrected chi connectivity index (χ2v) is 6.75. The second-order valence-electron chi connectivity index (χ2n) is 5.73. The highest BCUT2D eigenvalue weighted by Gasteiger charge is 2.12. The van der Waals surface area contributed by atoms with E-state index in [0.717, 1.165) is 11.1 Å². The van der Waals surface area contributed by atoms with Crippen LogP contribution >= 0.6 is 11.8 Å². The number of aryl methyl sites for hydroxylation is 5. The minimum atomic E-state index is 0.209. The molecule has 0 bridgehead atoms. The van der Waals surface area contributed by atoms with Crippen LogP contribution in [0.5, 0.6) is 0 Å². The Morgan fingerprint density at radius 1 is 0.857 bits per heavy atom. The Morgan fingerprint density at radius 3 is 2.19 bits per heavy atom. The zero-order chi connectivity index (χ0) is 15.6. The minimum absolute atomic E-state index is 0.209. The number of Topliss-reactive ketones (excluding diaryl/α,β-unsaturated/α-hetero) is 1. The second kappa shape index (κ2) is 6.48. The number of ketones is 1. The van der Waals surface area contributed by atoms with Crippen LogP contribution in [0.1, 0.15) is 38.2 Å². The van der Waals surface area contributed by atoms with Crippen LogP contribution in [0.4, 0.5) is 0 Å². The summed E-state index contributed by atoms with van der Waals surface area (Å²) in [4.78, 5) is 13.6. The number of rotatable bonds is 4. The summed E-state index contributed by atoms with van der Waals surface area (Å²) in [5, 5.41) is 0. The zero-order valence-corrected chi connectivity index (χ0v) is 14.2. The maximum absolute atomic E-state index is 12.5. The van der Waals surface area contributed by atoms with Gasteiger partial charge in [-0.05, 0) is 69.0 Å². The van der Waals surface area contributed by atoms with Crippen LogP contribution in [0.25, 0.3) is 0 Å². The molecule has 0 heterocycles. The van der Waals surface area contributed by atoms with Crippen molar-refractivity contribution < 1.29 is 4.79 Å². The lowest BCUT2D eigenvalue weighted by Gasteiger charge is -2.10. The highest BCUT2D eigenvalue weighted by atomic mass is 32.2. The fraction of sp³-hybridized carbons (Fsp3) is 0.316. The van der Waals surface area contributed by atoms with Crippen molar-refractivity contribution >= 4 is 17.5 Å². The summed E-state index contributed by atoms with van der Waals surface area (Å²) >= 11 is 1.63. The van der Waals surface area contributed by atoms with Crippen LogP contribution in [-0.4, -0.2) is 11.5 Å². The molecule has 0 spiro atoms. The summed E-state index contributed by atoms with van der Waals surface area (Å²) in [7, 11) is 0. The Hall–Kier alpha value is -1.54. The van der Waals surface area contributed by atoms with Gasteiger partial charge in [0.25, 0.3) is 0 Å². The van der Waals surface area contributed by atoms with Gasteiger partial charge in [-0.3, -0.25) is 4.79 Å². The molecule has 0 aromatic heterocycles. The van der Waals surface area contributed by atoms with E-state index < -0.39 is 0 Å². The van der Waals surface area contributed by atoms with Crippen molar-refractivity contribution in [2.24, 2.45) is 0 Å². The molecule has 2 heteroatoms. The third-order valence-corrected chi connectivity index (χ3v) is 5.01. The topological polar surface area (TPSA) is 17.1 Å². The van der Waals surface area contributed by atoms with Gasteiger partial charge in [0, 0.05) is 10.5 Å². The van der Waals surface area contributed by atoms with E-state index in [1.54, 1.807) is 11.8 Å². The Bertz CT molecular complexity index is 686. The summed E-state index contributed by atoms with van der Waals surface area (Å²) in [5.41, 5.74) is 6.85. The molecule has 0 fully saturated rings. The maximum atomic E-state index is 12.5. The van der Waals surface area contributed by atoms with Gasteiger partial charge < -0.3 is 0 Å². The van der Waals surface area contributed by atoms with Crippen molar-refractivity contribution in [3.8, 4) is 0 Å². The van der Waals surface area contributed by atoms with Gasteiger partial charge in [0.05, 0.1) is 5.75 Å². The first-order valence-corrected chi connectivity index (χ1v) is 8.18. The first kappa shape index (κ1) is 15.8. The van der Waals surface area contributed by atoms with E-state index in [0.29, 0.717) is 5.75 Å². The first-order chi connectivity index (χ1) is 9.88. The highest BCUT2D eigenvalue weighted by Crippen LogP contribution is 2.25. The summed E-state index contributed by atoms with van der Waals surface area (Å²) in [5.74, 6) is 0.702. The van der Waals surface area contributed by atoms with E-state index in [1.165, 1.54) is 27.1 Å². The Labute approximate surface area is 131 Å². The van der Waals surface area contributed by atoms with Crippen LogP contribution < -0.4 is 0 Å². The lowest BCUT2D eigenvalue weighted by molar-refractivity contribution is 0.102. The van der Waals surface area contributed by atoms with E-state index in [1.807, 2.05) is 13.0 Å². The number of carbonyl (C=O) groups excluding carboxylic acids is 1. The third kappa shape index (κ3) is 3.76. The molecular formula is C19H22OS. The molecule has 2 rings (SSSR count). The molecule has 0 atom stereocenters. The van der Waals surface area contributed by atoms with Crippen molar-refractivity contribution in [2.75, 3.05) is 5.75 Å². The maximum Gasteiger partial charge on any atom is 0.173 e. The summed E-state index contributed by atoms with van der Waals surface area (Å²) < 4.78 is 0. The molecule has 0 amide bonds. The predicted octanol–water partition coefficient (Wildman–Crippen LogP) is 5.20. The Balaban J connectivity index is 2.13. The Kier molecular flexibility index (Phi) is 4.89.